The van der Waals surface area contributed by atoms with Gasteiger partial charge in [-0.15, -0.1) is 0 Å². The molecule has 1 N–H and O–H groups in total. The van der Waals surface area contributed by atoms with Crippen molar-refractivity contribution in [2.75, 3.05) is 32.2 Å². The topological polar surface area (TPSA) is 68.1 Å². The van der Waals surface area contributed by atoms with E-state index in [4.69, 9.17) is 14.5 Å². The summed E-state index contributed by atoms with van der Waals surface area (Å²) in [5, 5.41) is 3.10. The number of rotatable bonds is 6. The summed E-state index contributed by atoms with van der Waals surface area (Å²) in [5.74, 6) is 2.20. The van der Waals surface area contributed by atoms with Gasteiger partial charge in [-0.2, -0.15) is 0 Å². The first kappa shape index (κ1) is 21.1. The Morgan fingerprint density at radius 2 is 1.91 bits per heavy atom. The van der Waals surface area contributed by atoms with Crippen LogP contribution in [0.1, 0.15) is 18.4 Å². The molecule has 1 aliphatic heterocycles. The van der Waals surface area contributed by atoms with Crippen molar-refractivity contribution < 1.29 is 14.3 Å². The number of nitrogens with zero attached hydrogens (tertiary/aromatic N) is 3. The molecular weight excluding hydrogens is 416 g/mol. The second-order valence-electron chi connectivity index (χ2n) is 8.34. The van der Waals surface area contributed by atoms with E-state index >= 15 is 0 Å². The van der Waals surface area contributed by atoms with Crippen molar-refractivity contribution in [3.8, 4) is 11.5 Å². The minimum absolute atomic E-state index is 0.0526. The number of piperidine rings is 1. The maximum absolute atomic E-state index is 13.1. The van der Waals surface area contributed by atoms with Crippen LogP contribution in [0.3, 0.4) is 0 Å². The molecule has 7 heteroatoms. The number of aromatic nitrogens is 2. The van der Waals surface area contributed by atoms with E-state index in [0.717, 1.165) is 47.3 Å². The van der Waals surface area contributed by atoms with Crippen LogP contribution in [0.15, 0.2) is 60.8 Å². The normalized spacial score (nSPS) is 16.2. The highest BCUT2D eigenvalue weighted by Crippen LogP contribution is 2.31. The van der Waals surface area contributed by atoms with E-state index in [1.165, 1.54) is 0 Å². The molecule has 170 valence electrons. The summed E-state index contributed by atoms with van der Waals surface area (Å²) < 4.78 is 13.0. The van der Waals surface area contributed by atoms with E-state index in [0.29, 0.717) is 24.6 Å². The predicted octanol–water partition coefficient (Wildman–Crippen LogP) is 4.04. The van der Waals surface area contributed by atoms with E-state index in [9.17, 15) is 4.79 Å². The number of nitrogens with one attached hydrogen (secondary N) is 1. The number of amides is 1. The first-order valence-corrected chi connectivity index (χ1v) is 11.3. The Morgan fingerprint density at radius 1 is 1.06 bits per heavy atom. The van der Waals surface area contributed by atoms with Gasteiger partial charge in [-0.1, -0.05) is 24.3 Å². The molecule has 1 amide bonds. The molecule has 0 bridgehead atoms. The van der Waals surface area contributed by atoms with Crippen LogP contribution in [0.4, 0.5) is 5.82 Å². The summed E-state index contributed by atoms with van der Waals surface area (Å²) in [5.41, 5.74) is 3.99. The van der Waals surface area contributed by atoms with Crippen molar-refractivity contribution in [2.24, 2.45) is 5.92 Å². The first-order valence-electron chi connectivity index (χ1n) is 11.3. The number of anilines is 1. The van der Waals surface area contributed by atoms with Gasteiger partial charge in [0.15, 0.2) is 17.3 Å². The lowest BCUT2D eigenvalue weighted by Crippen LogP contribution is -2.43. The minimum atomic E-state index is -0.0985. The number of carbonyl (C=O) groups excluding carboxylic acids is 1. The maximum Gasteiger partial charge on any atom is 0.225 e. The molecule has 2 aromatic heterocycles. The van der Waals surface area contributed by atoms with Crippen molar-refractivity contribution in [1.82, 2.24) is 14.7 Å². The van der Waals surface area contributed by atoms with Crippen molar-refractivity contribution >= 4 is 28.3 Å². The van der Waals surface area contributed by atoms with Gasteiger partial charge in [0.2, 0.25) is 5.91 Å². The summed E-state index contributed by atoms with van der Waals surface area (Å²) >= 11 is 0. The number of carbonyl (C=O) groups is 1. The van der Waals surface area contributed by atoms with Crippen LogP contribution in [0.2, 0.25) is 0 Å². The van der Waals surface area contributed by atoms with Gasteiger partial charge in [0.05, 0.1) is 36.7 Å². The second kappa shape index (κ2) is 9.02. The summed E-state index contributed by atoms with van der Waals surface area (Å²) in [4.78, 5) is 20.3. The third kappa shape index (κ3) is 3.95. The minimum Gasteiger partial charge on any atom is -0.493 e. The number of hydrogen-bond donors (Lipinski definition) is 1. The molecule has 1 fully saturated rings. The first-order chi connectivity index (χ1) is 16.2. The lowest BCUT2D eigenvalue weighted by molar-refractivity contribution is -0.125. The third-order valence-corrected chi connectivity index (χ3v) is 6.37. The largest absolute Gasteiger partial charge is 0.493 e. The van der Waals surface area contributed by atoms with Crippen LogP contribution in [0, 0.1) is 5.92 Å². The molecule has 0 saturated carbocycles. The zero-order valence-corrected chi connectivity index (χ0v) is 19.0. The van der Waals surface area contributed by atoms with Gasteiger partial charge < -0.3 is 24.1 Å². The van der Waals surface area contributed by atoms with Gasteiger partial charge in [-0.05, 0) is 43.2 Å². The Morgan fingerprint density at radius 3 is 2.76 bits per heavy atom. The zero-order chi connectivity index (χ0) is 22.8. The third-order valence-electron chi connectivity index (χ3n) is 6.37. The predicted molar refractivity (Wildman–Crippen MR) is 129 cm³/mol. The van der Waals surface area contributed by atoms with Gasteiger partial charge in [-0.3, -0.25) is 4.79 Å². The highest BCUT2D eigenvalue weighted by Gasteiger charge is 2.28. The quantitative estimate of drug-likeness (QED) is 0.486. The molecular formula is C26H28N4O3. The second-order valence-corrected chi connectivity index (χ2v) is 8.34. The molecule has 1 saturated heterocycles. The number of hydrogen-bond acceptors (Lipinski definition) is 5. The van der Waals surface area contributed by atoms with Gasteiger partial charge in [-0.25, -0.2) is 4.98 Å². The fraction of sp³-hybridized carbons (Fsp3) is 0.308. The zero-order valence-electron chi connectivity index (χ0n) is 19.0. The van der Waals surface area contributed by atoms with Gasteiger partial charge in [0, 0.05) is 31.4 Å². The van der Waals surface area contributed by atoms with Crippen molar-refractivity contribution in [3.63, 3.8) is 0 Å². The Kier molecular flexibility index (Phi) is 5.77. The monoisotopic (exact) mass is 444 g/mol. The van der Waals surface area contributed by atoms with Crippen molar-refractivity contribution in [3.05, 3.63) is 66.4 Å². The Hall–Kier alpha value is -3.74. The average molecular weight is 445 g/mol. The van der Waals surface area contributed by atoms with E-state index in [2.05, 4.69) is 32.9 Å². The van der Waals surface area contributed by atoms with Crippen LogP contribution in [0.25, 0.3) is 16.6 Å². The summed E-state index contributed by atoms with van der Waals surface area (Å²) in [6.45, 7) is 1.93. The smallest absolute Gasteiger partial charge is 0.225 e. The molecule has 33 heavy (non-hydrogen) atoms. The molecule has 5 rings (SSSR count). The summed E-state index contributed by atoms with van der Waals surface area (Å²) in [6.07, 6.45) is 3.88. The number of ether oxygens (including phenoxy) is 2. The SMILES string of the molecule is COc1cccc(CNC(=O)C2CCCN(c3nc4ccccc4n4cccc34)C2)c1OC. The lowest BCUT2D eigenvalue weighted by Gasteiger charge is -2.33. The van der Waals surface area contributed by atoms with E-state index in [-0.39, 0.29) is 11.8 Å². The molecule has 3 heterocycles. The number of benzene rings is 2. The molecule has 0 aliphatic carbocycles. The van der Waals surface area contributed by atoms with Crippen LogP contribution in [-0.2, 0) is 11.3 Å². The molecule has 2 aromatic carbocycles. The van der Waals surface area contributed by atoms with Crippen LogP contribution >= 0.6 is 0 Å². The highest BCUT2D eigenvalue weighted by molar-refractivity contribution is 5.86. The van der Waals surface area contributed by atoms with Crippen LogP contribution in [-0.4, -0.2) is 42.6 Å². The fourth-order valence-electron chi connectivity index (χ4n) is 4.74. The standard InChI is InChI=1S/C26H28N4O3/c1-32-23-13-5-8-18(24(23)33-2)16-27-26(31)19-9-6-14-29(17-19)25-22-12-7-15-30(22)21-11-4-3-10-20(21)28-25/h3-5,7-8,10-13,15,19H,6,9,14,16-17H2,1-2H3,(H,27,31). The summed E-state index contributed by atoms with van der Waals surface area (Å²) in [7, 11) is 3.22. The summed E-state index contributed by atoms with van der Waals surface area (Å²) in [6, 6.07) is 18.0. The Labute approximate surface area is 192 Å². The number of para-hydroxylation sites is 3. The van der Waals surface area contributed by atoms with Gasteiger partial charge >= 0.3 is 0 Å². The molecule has 4 aromatic rings. The highest BCUT2D eigenvalue weighted by atomic mass is 16.5. The van der Waals surface area contributed by atoms with E-state index < -0.39 is 0 Å². The number of methoxy groups -OCH3 is 2. The van der Waals surface area contributed by atoms with E-state index in [1.54, 1.807) is 14.2 Å². The van der Waals surface area contributed by atoms with Gasteiger partial charge in [0.25, 0.3) is 0 Å². The Bertz CT molecular complexity index is 1300. The molecule has 1 atom stereocenters. The molecule has 0 radical (unpaired) electrons. The molecule has 7 nitrogen and oxygen atoms in total. The Balaban J connectivity index is 1.34. The van der Waals surface area contributed by atoms with Crippen LogP contribution < -0.4 is 19.7 Å². The molecule has 1 aliphatic rings. The molecule has 0 spiro atoms. The average Bonchev–Trinajstić information content (AvgIpc) is 3.37. The molecule has 1 unspecified atom stereocenters. The lowest BCUT2D eigenvalue weighted by atomic mass is 9.97. The van der Waals surface area contributed by atoms with Crippen molar-refractivity contribution in [2.45, 2.75) is 19.4 Å². The fourth-order valence-corrected chi connectivity index (χ4v) is 4.74. The van der Waals surface area contributed by atoms with Crippen LogP contribution in [0.5, 0.6) is 11.5 Å². The number of fused-ring (bicyclic) bond motifs is 3. The van der Waals surface area contributed by atoms with Crippen molar-refractivity contribution in [1.29, 1.82) is 0 Å². The van der Waals surface area contributed by atoms with E-state index in [1.807, 2.05) is 42.5 Å². The van der Waals surface area contributed by atoms with Gasteiger partial charge in [0.1, 0.15) is 0 Å². The maximum atomic E-state index is 13.1.